The number of hydrogen-bond acceptors (Lipinski definition) is 5. The van der Waals surface area contributed by atoms with Crippen molar-refractivity contribution in [1.82, 2.24) is 15.0 Å². The maximum atomic E-state index is 12.9. The molecule has 1 saturated heterocycles. The molecule has 27 heavy (non-hydrogen) atoms. The number of halogens is 1. The van der Waals surface area contributed by atoms with Crippen LogP contribution < -0.4 is 0 Å². The molecule has 0 N–H and O–H groups in total. The Hall–Kier alpha value is -2.18. The van der Waals surface area contributed by atoms with Crippen molar-refractivity contribution in [2.45, 2.75) is 26.7 Å². The Morgan fingerprint density at radius 1 is 1.15 bits per heavy atom. The molecule has 1 aromatic heterocycles. The molecule has 0 spiro atoms. The molecule has 0 atom stereocenters. The minimum Gasteiger partial charge on any atom is -0.360 e. The molecule has 2 heterocycles. The number of nitrogens with zero attached hydrogens (tertiary/aromatic N) is 3. The van der Waals surface area contributed by atoms with Crippen LogP contribution in [-0.4, -0.2) is 59.4 Å². The van der Waals surface area contributed by atoms with E-state index in [0.29, 0.717) is 60.3 Å². The summed E-state index contributed by atoms with van der Waals surface area (Å²) < 4.78 is 5.34. The number of carbonyl (C=O) groups is 2. The molecule has 3 rings (SSSR count). The average Bonchev–Trinajstić information content (AvgIpc) is 3.04. The number of Topliss-reactive ketones (excluding diaryl/α,β-unsaturated/α-hetero) is 1. The molecule has 2 aromatic rings. The van der Waals surface area contributed by atoms with E-state index in [0.717, 1.165) is 0 Å². The topological polar surface area (TPSA) is 66.7 Å². The van der Waals surface area contributed by atoms with Gasteiger partial charge in [-0.1, -0.05) is 30.6 Å². The summed E-state index contributed by atoms with van der Waals surface area (Å²) in [6.45, 7) is 8.58. The van der Waals surface area contributed by atoms with Gasteiger partial charge in [-0.3, -0.25) is 14.5 Å². The van der Waals surface area contributed by atoms with Crippen LogP contribution in [0, 0.1) is 6.92 Å². The van der Waals surface area contributed by atoms with Crippen molar-refractivity contribution in [2.24, 2.45) is 0 Å². The van der Waals surface area contributed by atoms with E-state index in [4.69, 9.17) is 16.1 Å². The zero-order valence-electron chi connectivity index (χ0n) is 15.9. The second-order valence-corrected chi connectivity index (χ2v) is 7.60. The summed E-state index contributed by atoms with van der Waals surface area (Å²) >= 11 is 5.87. The molecule has 1 fully saturated rings. The highest BCUT2D eigenvalue weighted by molar-refractivity contribution is 6.30. The van der Waals surface area contributed by atoms with Crippen molar-refractivity contribution >= 4 is 23.3 Å². The third-order valence-corrected chi connectivity index (χ3v) is 5.07. The highest BCUT2D eigenvalue weighted by Crippen LogP contribution is 2.24. The minimum absolute atomic E-state index is 0.0406. The first kappa shape index (κ1) is 19.6. The molecule has 1 aromatic carbocycles. The highest BCUT2D eigenvalue weighted by Gasteiger charge is 2.29. The molecule has 0 bridgehead atoms. The van der Waals surface area contributed by atoms with Crippen molar-refractivity contribution in [2.75, 3.05) is 32.7 Å². The maximum absolute atomic E-state index is 12.9. The first-order valence-electron chi connectivity index (χ1n) is 9.13. The second kappa shape index (κ2) is 8.23. The fourth-order valence-electron chi connectivity index (χ4n) is 3.24. The first-order chi connectivity index (χ1) is 12.9. The summed E-state index contributed by atoms with van der Waals surface area (Å²) in [5.41, 5.74) is 1.86. The van der Waals surface area contributed by atoms with Gasteiger partial charge in [-0.2, -0.15) is 0 Å². The van der Waals surface area contributed by atoms with Crippen LogP contribution in [0.1, 0.15) is 51.9 Å². The largest absolute Gasteiger partial charge is 0.360 e. The van der Waals surface area contributed by atoms with Gasteiger partial charge in [-0.05, 0) is 31.2 Å². The third-order valence-electron chi connectivity index (χ3n) is 4.82. The Morgan fingerprint density at radius 2 is 1.78 bits per heavy atom. The van der Waals surface area contributed by atoms with Gasteiger partial charge < -0.3 is 9.42 Å². The van der Waals surface area contributed by atoms with Gasteiger partial charge in [0.05, 0.1) is 12.2 Å². The highest BCUT2D eigenvalue weighted by atomic mass is 35.5. The predicted octanol–water partition coefficient (Wildman–Crippen LogP) is 3.40. The van der Waals surface area contributed by atoms with Gasteiger partial charge in [0.25, 0.3) is 5.91 Å². The number of hydrogen-bond donors (Lipinski definition) is 0. The number of aromatic nitrogens is 1. The summed E-state index contributed by atoms with van der Waals surface area (Å²) in [6.07, 6.45) is 0. The van der Waals surface area contributed by atoms with E-state index < -0.39 is 0 Å². The minimum atomic E-state index is -0.0406. The van der Waals surface area contributed by atoms with Gasteiger partial charge in [0, 0.05) is 42.7 Å². The fraction of sp³-hybridized carbons (Fsp3) is 0.450. The quantitative estimate of drug-likeness (QED) is 0.733. The molecule has 1 aliphatic rings. The van der Waals surface area contributed by atoms with Crippen LogP contribution in [0.3, 0.4) is 0 Å². The summed E-state index contributed by atoms with van der Waals surface area (Å²) in [5.74, 6) is 0.755. The standard InChI is InChI=1S/C20H24ClN3O3/c1-13(2)19-18(14(3)22-27-19)20(26)24-10-8-23(9-11-24)12-17(25)15-4-6-16(21)7-5-15/h4-7,13H,8-12H2,1-3H3. The van der Waals surface area contributed by atoms with Crippen LogP contribution in [-0.2, 0) is 0 Å². The number of piperazine rings is 1. The number of benzene rings is 1. The van der Waals surface area contributed by atoms with Gasteiger partial charge in [0.15, 0.2) is 11.5 Å². The molecule has 1 amide bonds. The van der Waals surface area contributed by atoms with Crippen LogP contribution in [0.15, 0.2) is 28.8 Å². The molecule has 7 heteroatoms. The van der Waals surface area contributed by atoms with E-state index in [1.807, 2.05) is 18.7 Å². The SMILES string of the molecule is Cc1noc(C(C)C)c1C(=O)N1CCN(CC(=O)c2ccc(Cl)cc2)CC1. The number of rotatable bonds is 5. The van der Waals surface area contributed by atoms with Gasteiger partial charge in [-0.25, -0.2) is 0 Å². The third kappa shape index (κ3) is 4.39. The number of ketones is 1. The van der Waals surface area contributed by atoms with Crippen LogP contribution in [0.5, 0.6) is 0 Å². The van der Waals surface area contributed by atoms with E-state index in [2.05, 4.69) is 10.1 Å². The Bertz CT molecular complexity index is 821. The Morgan fingerprint density at radius 3 is 2.37 bits per heavy atom. The van der Waals surface area contributed by atoms with Crippen LogP contribution in [0.25, 0.3) is 0 Å². The number of amides is 1. The van der Waals surface area contributed by atoms with Crippen molar-refractivity contribution in [1.29, 1.82) is 0 Å². The molecule has 1 aliphatic heterocycles. The lowest BCUT2D eigenvalue weighted by atomic mass is 10.0. The smallest absolute Gasteiger partial charge is 0.259 e. The van der Waals surface area contributed by atoms with Gasteiger partial charge in [0.1, 0.15) is 5.56 Å². The number of aryl methyl sites for hydroxylation is 1. The lowest BCUT2D eigenvalue weighted by Gasteiger charge is -2.34. The van der Waals surface area contributed by atoms with E-state index in [1.54, 1.807) is 31.2 Å². The molecule has 144 valence electrons. The van der Waals surface area contributed by atoms with E-state index >= 15 is 0 Å². The Kier molecular flexibility index (Phi) is 5.97. The van der Waals surface area contributed by atoms with E-state index in [-0.39, 0.29) is 17.6 Å². The predicted molar refractivity (Wildman–Crippen MR) is 103 cm³/mol. The molecule has 6 nitrogen and oxygen atoms in total. The summed E-state index contributed by atoms with van der Waals surface area (Å²) in [6, 6.07) is 6.93. The molecule has 0 unspecified atom stereocenters. The molecule has 0 aliphatic carbocycles. The maximum Gasteiger partial charge on any atom is 0.259 e. The summed E-state index contributed by atoms with van der Waals surface area (Å²) in [7, 11) is 0. The lowest BCUT2D eigenvalue weighted by Crippen LogP contribution is -2.50. The number of carbonyl (C=O) groups excluding carboxylic acids is 2. The lowest BCUT2D eigenvalue weighted by molar-refractivity contribution is 0.0621. The van der Waals surface area contributed by atoms with Crippen molar-refractivity contribution in [3.8, 4) is 0 Å². The summed E-state index contributed by atoms with van der Waals surface area (Å²) in [4.78, 5) is 29.2. The first-order valence-corrected chi connectivity index (χ1v) is 9.51. The molecular formula is C20H24ClN3O3. The van der Waals surface area contributed by atoms with Gasteiger partial charge in [0.2, 0.25) is 0 Å². The molecule has 0 saturated carbocycles. The fourth-order valence-corrected chi connectivity index (χ4v) is 3.36. The van der Waals surface area contributed by atoms with Crippen LogP contribution in [0.2, 0.25) is 5.02 Å². The zero-order chi connectivity index (χ0) is 19.6. The second-order valence-electron chi connectivity index (χ2n) is 7.16. The summed E-state index contributed by atoms with van der Waals surface area (Å²) in [5, 5.41) is 4.58. The van der Waals surface area contributed by atoms with Crippen molar-refractivity contribution < 1.29 is 14.1 Å². The van der Waals surface area contributed by atoms with Gasteiger partial charge >= 0.3 is 0 Å². The van der Waals surface area contributed by atoms with Crippen molar-refractivity contribution in [3.05, 3.63) is 51.9 Å². The monoisotopic (exact) mass is 389 g/mol. The normalized spacial score (nSPS) is 15.4. The van der Waals surface area contributed by atoms with E-state index in [9.17, 15) is 9.59 Å². The average molecular weight is 390 g/mol. The zero-order valence-corrected chi connectivity index (χ0v) is 16.6. The van der Waals surface area contributed by atoms with Crippen LogP contribution in [0.4, 0.5) is 0 Å². The Labute approximate surface area is 164 Å². The van der Waals surface area contributed by atoms with E-state index in [1.165, 1.54) is 0 Å². The Balaban J connectivity index is 1.59. The van der Waals surface area contributed by atoms with Crippen molar-refractivity contribution in [3.63, 3.8) is 0 Å². The molecular weight excluding hydrogens is 366 g/mol. The van der Waals surface area contributed by atoms with Gasteiger partial charge in [-0.15, -0.1) is 0 Å². The van der Waals surface area contributed by atoms with Crippen LogP contribution >= 0.6 is 11.6 Å². The molecule has 0 radical (unpaired) electrons.